The minimum absolute atomic E-state index is 0.264. The summed E-state index contributed by atoms with van der Waals surface area (Å²) in [6, 6.07) is 10.5. The second-order valence-corrected chi connectivity index (χ2v) is 8.69. The molecule has 0 unspecified atom stereocenters. The first-order valence-electron chi connectivity index (χ1n) is 8.12. The average molecular weight is 338 g/mol. The monoisotopic (exact) mass is 338 g/mol. The van der Waals surface area contributed by atoms with Gasteiger partial charge in [-0.25, -0.2) is 8.42 Å². The predicted molar refractivity (Wildman–Crippen MR) is 91.8 cm³/mol. The van der Waals surface area contributed by atoms with Gasteiger partial charge in [-0.15, -0.1) is 0 Å². The Labute approximate surface area is 139 Å². The molecular weight excluding hydrogens is 312 g/mol. The fraction of sp³-hybridized carbons (Fsp3) is 0.588. The van der Waals surface area contributed by atoms with Crippen LogP contribution in [0.3, 0.4) is 0 Å². The summed E-state index contributed by atoms with van der Waals surface area (Å²) in [5.74, 6) is -0.405. The van der Waals surface area contributed by atoms with E-state index in [1.807, 2.05) is 18.2 Å². The summed E-state index contributed by atoms with van der Waals surface area (Å²) in [4.78, 5) is 14.4. The van der Waals surface area contributed by atoms with Gasteiger partial charge in [0.1, 0.15) is 5.25 Å². The fourth-order valence-electron chi connectivity index (χ4n) is 2.87. The Morgan fingerprint density at radius 3 is 2.65 bits per heavy atom. The zero-order chi connectivity index (χ0) is 16.9. The molecule has 1 aromatic rings. The molecule has 0 bridgehead atoms. The molecular formula is C17H26N2O3S. The first-order valence-corrected chi connectivity index (χ1v) is 10.1. The van der Waals surface area contributed by atoms with Gasteiger partial charge in [0, 0.05) is 25.4 Å². The van der Waals surface area contributed by atoms with Crippen LogP contribution in [-0.2, 0) is 21.2 Å². The quantitative estimate of drug-likeness (QED) is 0.855. The molecule has 2 atom stereocenters. The van der Waals surface area contributed by atoms with Crippen molar-refractivity contribution in [2.45, 2.75) is 44.0 Å². The number of hydrogen-bond acceptors (Lipinski definition) is 4. The molecule has 1 aromatic carbocycles. The number of nitrogens with one attached hydrogen (secondary N) is 1. The number of hydrogen-bond donors (Lipinski definition) is 1. The molecule has 0 spiro atoms. The molecule has 6 heteroatoms. The van der Waals surface area contributed by atoms with Crippen molar-refractivity contribution < 1.29 is 13.2 Å². The van der Waals surface area contributed by atoms with Crippen molar-refractivity contribution in [1.29, 1.82) is 0 Å². The number of sulfone groups is 1. The highest BCUT2D eigenvalue weighted by atomic mass is 32.2. The molecule has 1 aliphatic heterocycles. The second-order valence-electron chi connectivity index (χ2n) is 6.32. The zero-order valence-electron chi connectivity index (χ0n) is 13.9. The number of nitrogens with zero attached hydrogens (tertiary/aromatic N) is 1. The van der Waals surface area contributed by atoms with Crippen molar-refractivity contribution in [2.75, 3.05) is 19.3 Å². The average Bonchev–Trinajstić information content (AvgIpc) is 2.53. The number of amides is 1. The molecule has 1 saturated heterocycles. The summed E-state index contributed by atoms with van der Waals surface area (Å²) in [5, 5.41) is 1.82. The SMILES string of the molecule is C[C@H](C(=O)NC[C@@H]1CCCCN1Cc1ccccc1)S(C)(=O)=O. The number of carbonyl (C=O) groups is 1. The largest absolute Gasteiger partial charge is 0.353 e. The van der Waals surface area contributed by atoms with Gasteiger partial charge in [0.25, 0.3) is 0 Å². The Morgan fingerprint density at radius 1 is 1.30 bits per heavy atom. The summed E-state index contributed by atoms with van der Waals surface area (Å²) in [6.45, 7) is 3.82. The first kappa shape index (κ1) is 17.9. The summed E-state index contributed by atoms with van der Waals surface area (Å²) in [5.41, 5.74) is 1.26. The van der Waals surface area contributed by atoms with Crippen LogP contribution < -0.4 is 5.32 Å². The summed E-state index contributed by atoms with van der Waals surface area (Å²) in [6.07, 6.45) is 4.43. The molecule has 1 amide bonds. The van der Waals surface area contributed by atoms with E-state index in [-0.39, 0.29) is 6.04 Å². The van der Waals surface area contributed by atoms with E-state index >= 15 is 0 Å². The van der Waals surface area contributed by atoms with E-state index in [0.717, 1.165) is 38.6 Å². The van der Waals surface area contributed by atoms with Crippen molar-refractivity contribution >= 4 is 15.7 Å². The van der Waals surface area contributed by atoms with Crippen LogP contribution >= 0.6 is 0 Å². The Kier molecular flexibility index (Phi) is 6.18. The standard InChI is InChI=1S/C17H26N2O3S/c1-14(23(2,21)22)17(20)18-12-16-10-6-7-11-19(16)13-15-8-4-3-5-9-15/h3-5,8-9,14,16H,6-7,10-13H2,1-2H3,(H,18,20)/t14-,16+/m1/s1. The van der Waals surface area contributed by atoms with E-state index < -0.39 is 21.0 Å². The molecule has 0 aliphatic carbocycles. The van der Waals surface area contributed by atoms with Crippen LogP contribution in [0.1, 0.15) is 31.7 Å². The molecule has 5 nitrogen and oxygen atoms in total. The van der Waals surface area contributed by atoms with Gasteiger partial charge >= 0.3 is 0 Å². The molecule has 1 aliphatic rings. The van der Waals surface area contributed by atoms with Gasteiger partial charge < -0.3 is 5.32 Å². The summed E-state index contributed by atoms with van der Waals surface area (Å²) >= 11 is 0. The number of carbonyl (C=O) groups excluding carboxylic acids is 1. The van der Waals surface area contributed by atoms with E-state index in [4.69, 9.17) is 0 Å². The Bertz CT molecular complexity index is 616. The Balaban J connectivity index is 1.92. The molecule has 128 valence electrons. The summed E-state index contributed by atoms with van der Waals surface area (Å²) < 4.78 is 22.9. The van der Waals surface area contributed by atoms with Gasteiger partial charge in [-0.05, 0) is 31.9 Å². The van der Waals surface area contributed by atoms with Gasteiger partial charge in [-0.2, -0.15) is 0 Å². The fourth-order valence-corrected chi connectivity index (χ4v) is 3.35. The third-order valence-corrected chi connectivity index (χ3v) is 6.00. The highest BCUT2D eigenvalue weighted by molar-refractivity contribution is 7.92. The topological polar surface area (TPSA) is 66.5 Å². The Hall–Kier alpha value is -1.40. The van der Waals surface area contributed by atoms with E-state index in [9.17, 15) is 13.2 Å². The molecule has 2 rings (SSSR count). The van der Waals surface area contributed by atoms with Crippen molar-refractivity contribution in [3.63, 3.8) is 0 Å². The van der Waals surface area contributed by atoms with Crippen molar-refractivity contribution in [3.8, 4) is 0 Å². The molecule has 1 fully saturated rings. The van der Waals surface area contributed by atoms with E-state index in [2.05, 4.69) is 22.3 Å². The van der Waals surface area contributed by atoms with E-state index in [1.165, 1.54) is 12.5 Å². The maximum absolute atomic E-state index is 12.0. The molecule has 23 heavy (non-hydrogen) atoms. The lowest BCUT2D eigenvalue weighted by molar-refractivity contribution is -0.120. The van der Waals surface area contributed by atoms with Crippen LogP contribution in [0.4, 0.5) is 0 Å². The zero-order valence-corrected chi connectivity index (χ0v) is 14.7. The van der Waals surface area contributed by atoms with Gasteiger partial charge in [0.2, 0.25) is 5.91 Å². The van der Waals surface area contributed by atoms with Crippen molar-refractivity contribution in [2.24, 2.45) is 0 Å². The lowest BCUT2D eigenvalue weighted by Gasteiger charge is -2.36. The second kappa shape index (κ2) is 7.93. The molecule has 0 radical (unpaired) electrons. The molecule has 0 aromatic heterocycles. The van der Waals surface area contributed by atoms with Crippen LogP contribution in [0.25, 0.3) is 0 Å². The maximum atomic E-state index is 12.0. The first-order chi connectivity index (χ1) is 10.9. The van der Waals surface area contributed by atoms with Crippen molar-refractivity contribution in [3.05, 3.63) is 35.9 Å². The smallest absolute Gasteiger partial charge is 0.238 e. The van der Waals surface area contributed by atoms with E-state index in [0.29, 0.717) is 6.54 Å². The number of benzene rings is 1. The number of rotatable bonds is 6. The summed E-state index contributed by atoms with van der Waals surface area (Å²) in [7, 11) is -3.34. The maximum Gasteiger partial charge on any atom is 0.238 e. The van der Waals surface area contributed by atoms with E-state index in [1.54, 1.807) is 0 Å². The van der Waals surface area contributed by atoms with Gasteiger partial charge in [-0.3, -0.25) is 9.69 Å². The number of piperidine rings is 1. The lowest BCUT2D eigenvalue weighted by atomic mass is 10.0. The highest BCUT2D eigenvalue weighted by Crippen LogP contribution is 2.19. The molecule has 0 saturated carbocycles. The van der Waals surface area contributed by atoms with Crippen molar-refractivity contribution in [1.82, 2.24) is 10.2 Å². The Morgan fingerprint density at radius 2 is 2.00 bits per heavy atom. The highest BCUT2D eigenvalue weighted by Gasteiger charge is 2.26. The van der Waals surface area contributed by atoms with Crippen LogP contribution in [0.5, 0.6) is 0 Å². The van der Waals surface area contributed by atoms with Crippen LogP contribution in [0.2, 0.25) is 0 Å². The lowest BCUT2D eigenvalue weighted by Crippen LogP contribution is -2.48. The molecule has 1 N–H and O–H groups in total. The predicted octanol–water partition coefficient (Wildman–Crippen LogP) is 1.59. The third-order valence-electron chi connectivity index (χ3n) is 4.50. The van der Waals surface area contributed by atoms with Gasteiger partial charge in [0.15, 0.2) is 9.84 Å². The minimum Gasteiger partial charge on any atom is -0.353 e. The third kappa shape index (κ3) is 5.32. The van der Waals surface area contributed by atoms with Gasteiger partial charge in [0.05, 0.1) is 0 Å². The molecule has 1 heterocycles. The van der Waals surface area contributed by atoms with Gasteiger partial charge in [-0.1, -0.05) is 36.8 Å². The number of likely N-dealkylation sites (tertiary alicyclic amines) is 1. The normalized spacial score (nSPS) is 20.9. The van der Waals surface area contributed by atoms with Crippen LogP contribution in [0.15, 0.2) is 30.3 Å². The van der Waals surface area contributed by atoms with Crippen LogP contribution in [-0.4, -0.2) is 49.9 Å². The minimum atomic E-state index is -3.34. The van der Waals surface area contributed by atoms with Crippen LogP contribution in [0, 0.1) is 0 Å².